The Balaban J connectivity index is 2.45. The summed E-state index contributed by atoms with van der Waals surface area (Å²) >= 11 is 0. The molecule has 0 radical (unpaired) electrons. The molecule has 1 aromatic carbocycles. The molecule has 0 amide bonds. The predicted molar refractivity (Wildman–Crippen MR) is 74.9 cm³/mol. The van der Waals surface area contributed by atoms with Gasteiger partial charge in [0.15, 0.2) is 0 Å². The first kappa shape index (κ1) is 15.1. The minimum Gasteiger partial charge on any atom is -0.462 e. The summed E-state index contributed by atoms with van der Waals surface area (Å²) in [6.45, 7) is 3.85. The number of carbonyl (C=O) groups is 1. The molecule has 0 saturated heterocycles. The molecule has 2 aromatic rings. The smallest absolute Gasteiger partial charge is 0.339 e. The van der Waals surface area contributed by atoms with E-state index in [1.165, 1.54) is 12.1 Å². The van der Waals surface area contributed by atoms with Crippen LogP contribution in [-0.4, -0.2) is 17.6 Å². The molecule has 21 heavy (non-hydrogen) atoms. The van der Waals surface area contributed by atoms with Crippen molar-refractivity contribution >= 4 is 5.97 Å². The maximum atomic E-state index is 13.3. The van der Waals surface area contributed by atoms with E-state index in [9.17, 15) is 13.6 Å². The minimum atomic E-state index is -0.667. The fraction of sp³-hybridized carbons (Fsp3) is 0.250. The van der Waals surface area contributed by atoms with Gasteiger partial charge in [0.05, 0.1) is 23.6 Å². The van der Waals surface area contributed by atoms with E-state index in [1.807, 2.05) is 6.92 Å². The third kappa shape index (κ3) is 3.42. The van der Waals surface area contributed by atoms with Crippen molar-refractivity contribution in [1.29, 1.82) is 0 Å². The average Bonchev–Trinajstić information content (AvgIpc) is 2.45. The van der Waals surface area contributed by atoms with Gasteiger partial charge in [0.2, 0.25) is 0 Å². The summed E-state index contributed by atoms with van der Waals surface area (Å²) in [5.41, 5.74) is 1.66. The van der Waals surface area contributed by atoms with Gasteiger partial charge in [0.25, 0.3) is 0 Å². The Morgan fingerprint density at radius 3 is 2.38 bits per heavy atom. The van der Waals surface area contributed by atoms with Crippen LogP contribution in [0.4, 0.5) is 8.78 Å². The van der Waals surface area contributed by atoms with Gasteiger partial charge in [0.1, 0.15) is 11.6 Å². The van der Waals surface area contributed by atoms with E-state index in [1.54, 1.807) is 19.1 Å². The fourth-order valence-electron chi connectivity index (χ4n) is 2.03. The Kier molecular flexibility index (Phi) is 4.62. The maximum absolute atomic E-state index is 13.3. The van der Waals surface area contributed by atoms with E-state index >= 15 is 0 Å². The third-order valence-electron chi connectivity index (χ3n) is 2.96. The van der Waals surface area contributed by atoms with Gasteiger partial charge in [-0.25, -0.2) is 13.6 Å². The van der Waals surface area contributed by atoms with Crippen LogP contribution in [0.25, 0.3) is 11.3 Å². The molecule has 0 fully saturated rings. The molecule has 0 spiro atoms. The Hall–Kier alpha value is -2.30. The molecule has 1 heterocycles. The summed E-state index contributed by atoms with van der Waals surface area (Å²) in [7, 11) is 0. The first-order chi connectivity index (χ1) is 10.0. The molecule has 0 N–H and O–H groups in total. The molecule has 0 unspecified atom stereocenters. The number of hydrogen-bond acceptors (Lipinski definition) is 3. The van der Waals surface area contributed by atoms with Crippen LogP contribution in [0.1, 0.15) is 29.9 Å². The second-order valence-corrected chi connectivity index (χ2v) is 4.42. The molecule has 2 rings (SSSR count). The minimum absolute atomic E-state index is 0.277. The van der Waals surface area contributed by atoms with Crippen molar-refractivity contribution in [2.24, 2.45) is 0 Å². The van der Waals surface area contributed by atoms with Crippen molar-refractivity contribution in [2.75, 3.05) is 6.61 Å². The van der Waals surface area contributed by atoms with Crippen LogP contribution < -0.4 is 0 Å². The third-order valence-corrected chi connectivity index (χ3v) is 2.96. The number of ether oxygens (including phenoxy) is 1. The lowest BCUT2D eigenvalue weighted by molar-refractivity contribution is 0.0524. The van der Waals surface area contributed by atoms with E-state index in [0.29, 0.717) is 28.9 Å². The van der Waals surface area contributed by atoms with Crippen LogP contribution in [0.5, 0.6) is 0 Å². The first-order valence-corrected chi connectivity index (χ1v) is 6.68. The monoisotopic (exact) mass is 291 g/mol. The number of aryl methyl sites for hydroxylation is 1. The van der Waals surface area contributed by atoms with Crippen LogP contribution in [0.3, 0.4) is 0 Å². The highest BCUT2D eigenvalue weighted by Crippen LogP contribution is 2.22. The number of nitrogens with zero attached hydrogens (tertiary/aromatic N) is 1. The van der Waals surface area contributed by atoms with Crippen molar-refractivity contribution in [1.82, 2.24) is 4.98 Å². The fourth-order valence-corrected chi connectivity index (χ4v) is 2.03. The highest BCUT2D eigenvalue weighted by Gasteiger charge is 2.14. The predicted octanol–water partition coefficient (Wildman–Crippen LogP) is 3.77. The second kappa shape index (κ2) is 6.43. The first-order valence-electron chi connectivity index (χ1n) is 6.68. The zero-order valence-corrected chi connectivity index (χ0v) is 11.8. The lowest BCUT2D eigenvalue weighted by Gasteiger charge is -2.09. The Morgan fingerprint density at radius 2 is 1.81 bits per heavy atom. The number of esters is 1. The lowest BCUT2D eigenvalue weighted by atomic mass is 10.1. The summed E-state index contributed by atoms with van der Waals surface area (Å²) in [5, 5.41) is 0. The number of aromatic nitrogens is 1. The van der Waals surface area contributed by atoms with E-state index < -0.39 is 17.6 Å². The molecule has 5 heteroatoms. The van der Waals surface area contributed by atoms with Crippen LogP contribution in [0, 0.1) is 11.6 Å². The second-order valence-electron chi connectivity index (χ2n) is 4.42. The number of hydrogen-bond donors (Lipinski definition) is 0. The molecule has 0 aliphatic rings. The Bertz CT molecular complexity index is 651. The molecular weight excluding hydrogens is 276 g/mol. The number of pyridine rings is 1. The molecule has 0 aliphatic heterocycles. The maximum Gasteiger partial charge on any atom is 0.339 e. The van der Waals surface area contributed by atoms with Crippen molar-refractivity contribution < 1.29 is 18.3 Å². The molecule has 3 nitrogen and oxygen atoms in total. The van der Waals surface area contributed by atoms with E-state index in [0.717, 1.165) is 6.07 Å². The quantitative estimate of drug-likeness (QED) is 0.805. The van der Waals surface area contributed by atoms with Gasteiger partial charge >= 0.3 is 5.97 Å². The van der Waals surface area contributed by atoms with E-state index in [2.05, 4.69) is 4.98 Å². The molecule has 1 aromatic heterocycles. The summed E-state index contributed by atoms with van der Waals surface area (Å²) in [5.74, 6) is -1.78. The lowest BCUT2D eigenvalue weighted by Crippen LogP contribution is -2.09. The Labute approximate surface area is 121 Å². The zero-order chi connectivity index (χ0) is 15.4. The SMILES string of the molecule is CCOC(=O)c1ccc(-c2cc(F)cc(F)c2)nc1CC. The van der Waals surface area contributed by atoms with Gasteiger partial charge in [0, 0.05) is 11.6 Å². The Morgan fingerprint density at radius 1 is 1.14 bits per heavy atom. The van der Waals surface area contributed by atoms with Crippen molar-refractivity contribution in [3.8, 4) is 11.3 Å². The van der Waals surface area contributed by atoms with Crippen LogP contribution >= 0.6 is 0 Å². The van der Waals surface area contributed by atoms with Crippen molar-refractivity contribution in [2.45, 2.75) is 20.3 Å². The molecular formula is C16H15F2NO2. The number of rotatable bonds is 4. The largest absolute Gasteiger partial charge is 0.462 e. The van der Waals surface area contributed by atoms with Gasteiger partial charge < -0.3 is 4.74 Å². The highest BCUT2D eigenvalue weighted by atomic mass is 19.1. The molecule has 0 atom stereocenters. The standard InChI is InChI=1S/C16H15F2NO2/c1-3-14-13(16(20)21-4-2)5-6-15(19-14)10-7-11(17)9-12(18)8-10/h5-9H,3-4H2,1-2H3. The summed E-state index contributed by atoms with van der Waals surface area (Å²) < 4.78 is 31.5. The van der Waals surface area contributed by atoms with Gasteiger partial charge in [-0.3, -0.25) is 4.98 Å². The van der Waals surface area contributed by atoms with Gasteiger partial charge in [-0.1, -0.05) is 6.92 Å². The van der Waals surface area contributed by atoms with Gasteiger partial charge in [-0.2, -0.15) is 0 Å². The van der Waals surface area contributed by atoms with Crippen LogP contribution in [0.15, 0.2) is 30.3 Å². The summed E-state index contributed by atoms with van der Waals surface area (Å²) in [4.78, 5) is 16.1. The molecule has 0 aliphatic carbocycles. The van der Waals surface area contributed by atoms with Crippen LogP contribution in [0.2, 0.25) is 0 Å². The van der Waals surface area contributed by atoms with Gasteiger partial charge in [-0.15, -0.1) is 0 Å². The highest BCUT2D eigenvalue weighted by molar-refractivity contribution is 5.91. The topological polar surface area (TPSA) is 39.2 Å². The van der Waals surface area contributed by atoms with Crippen LogP contribution in [-0.2, 0) is 11.2 Å². The van der Waals surface area contributed by atoms with E-state index in [4.69, 9.17) is 4.74 Å². The zero-order valence-electron chi connectivity index (χ0n) is 11.8. The summed E-state index contributed by atoms with van der Waals surface area (Å²) in [6, 6.07) is 6.34. The average molecular weight is 291 g/mol. The molecule has 110 valence electrons. The van der Waals surface area contributed by atoms with Gasteiger partial charge in [-0.05, 0) is 37.6 Å². The molecule has 0 saturated carbocycles. The summed E-state index contributed by atoms with van der Waals surface area (Å²) in [6.07, 6.45) is 0.514. The number of halogens is 2. The molecule has 0 bridgehead atoms. The van der Waals surface area contributed by atoms with E-state index in [-0.39, 0.29) is 6.61 Å². The number of benzene rings is 1. The normalized spacial score (nSPS) is 10.5. The van der Waals surface area contributed by atoms with Crippen molar-refractivity contribution in [3.05, 3.63) is 53.2 Å². The van der Waals surface area contributed by atoms with Crippen molar-refractivity contribution in [3.63, 3.8) is 0 Å². The number of carbonyl (C=O) groups excluding carboxylic acids is 1.